The van der Waals surface area contributed by atoms with Crippen molar-refractivity contribution < 1.29 is 14.3 Å². The van der Waals surface area contributed by atoms with Crippen molar-refractivity contribution in [2.24, 2.45) is 11.5 Å². The van der Waals surface area contributed by atoms with E-state index >= 15 is 0 Å². The van der Waals surface area contributed by atoms with Crippen LogP contribution in [0.2, 0.25) is 0 Å². The minimum Gasteiger partial charge on any atom is -0.497 e. The number of carbonyl (C=O) groups is 2. The van der Waals surface area contributed by atoms with Gasteiger partial charge in [0.15, 0.2) is 0 Å². The molecule has 1 fully saturated rings. The molecule has 1 aliphatic heterocycles. The maximum absolute atomic E-state index is 12.2. The van der Waals surface area contributed by atoms with Gasteiger partial charge in [0.05, 0.1) is 7.11 Å². The van der Waals surface area contributed by atoms with Gasteiger partial charge in [0.1, 0.15) is 5.75 Å². The van der Waals surface area contributed by atoms with Gasteiger partial charge in [-0.2, -0.15) is 0 Å². The van der Waals surface area contributed by atoms with Gasteiger partial charge in [-0.25, -0.2) is 0 Å². The summed E-state index contributed by atoms with van der Waals surface area (Å²) in [7, 11) is 1.69. The number of hydrogen-bond acceptors (Lipinski definition) is 6. The van der Waals surface area contributed by atoms with Gasteiger partial charge in [-0.3, -0.25) is 14.6 Å². The number of amides is 2. The molecule has 41 heavy (non-hydrogen) atoms. The molecular weight excluding hydrogens is 514 g/mol. The second kappa shape index (κ2) is 13.2. The van der Waals surface area contributed by atoms with Gasteiger partial charge in [0.25, 0.3) is 0 Å². The summed E-state index contributed by atoms with van der Waals surface area (Å²) in [6.45, 7) is 10.8. The highest BCUT2D eigenvalue weighted by Gasteiger charge is 2.28. The number of pyridine rings is 1. The van der Waals surface area contributed by atoms with E-state index in [0.717, 1.165) is 55.8 Å². The van der Waals surface area contributed by atoms with E-state index in [1.807, 2.05) is 31.5 Å². The number of benzene rings is 2. The Labute approximate surface area is 243 Å². The third-order valence-corrected chi connectivity index (χ3v) is 8.69. The topological polar surface area (TPSA) is 115 Å². The first-order valence-electron chi connectivity index (χ1n) is 14.4. The molecule has 218 valence electrons. The van der Waals surface area contributed by atoms with Crippen LogP contribution in [0.1, 0.15) is 74.7 Å². The number of primary amides is 2. The maximum Gasteiger partial charge on any atom is 0.249 e. The second-order valence-electron chi connectivity index (χ2n) is 11.2. The Hall–Kier alpha value is -3.91. The first-order chi connectivity index (χ1) is 19.6. The predicted octanol–water partition coefficient (Wildman–Crippen LogP) is 4.71. The number of aryl methyl sites for hydroxylation is 2. The molecule has 2 aromatic carbocycles. The van der Waals surface area contributed by atoms with Crippen LogP contribution in [0.3, 0.4) is 0 Å². The first kappa shape index (κ1) is 30.1. The van der Waals surface area contributed by atoms with Crippen molar-refractivity contribution in [2.75, 3.05) is 25.1 Å². The van der Waals surface area contributed by atoms with Crippen LogP contribution in [-0.2, 0) is 13.0 Å². The largest absolute Gasteiger partial charge is 0.497 e. The molecule has 0 saturated carbocycles. The van der Waals surface area contributed by atoms with E-state index in [-0.39, 0.29) is 0 Å². The molecular formula is C33H43N5O3. The Bertz CT molecular complexity index is 1380. The van der Waals surface area contributed by atoms with Crippen molar-refractivity contribution >= 4 is 17.5 Å². The fourth-order valence-corrected chi connectivity index (χ4v) is 6.17. The van der Waals surface area contributed by atoms with Gasteiger partial charge in [-0.1, -0.05) is 0 Å². The van der Waals surface area contributed by atoms with Crippen LogP contribution < -0.4 is 21.1 Å². The summed E-state index contributed by atoms with van der Waals surface area (Å²) in [4.78, 5) is 33.8. The Morgan fingerprint density at radius 1 is 1.05 bits per heavy atom. The fourth-order valence-electron chi connectivity index (χ4n) is 6.17. The summed E-state index contributed by atoms with van der Waals surface area (Å²) in [5.41, 5.74) is 18.3. The van der Waals surface area contributed by atoms with Gasteiger partial charge in [0.2, 0.25) is 11.8 Å². The lowest BCUT2D eigenvalue weighted by Crippen LogP contribution is -2.47. The molecule has 4 rings (SSSR count). The molecule has 8 nitrogen and oxygen atoms in total. The quantitative estimate of drug-likeness (QED) is 0.353. The van der Waals surface area contributed by atoms with Crippen LogP contribution in [0, 0.1) is 20.8 Å². The summed E-state index contributed by atoms with van der Waals surface area (Å²) in [6.07, 6.45) is 7.40. The maximum atomic E-state index is 12.2. The van der Waals surface area contributed by atoms with E-state index in [4.69, 9.17) is 16.2 Å². The van der Waals surface area contributed by atoms with Crippen molar-refractivity contribution in [3.8, 4) is 5.75 Å². The normalized spacial score (nSPS) is 15.0. The number of piperidine rings is 1. The molecule has 0 spiro atoms. The zero-order chi connectivity index (χ0) is 29.7. The first-order valence-corrected chi connectivity index (χ1v) is 14.4. The van der Waals surface area contributed by atoms with E-state index in [1.54, 1.807) is 20.1 Å². The van der Waals surface area contributed by atoms with Crippen LogP contribution in [0.15, 0.2) is 48.8 Å². The predicted molar refractivity (Wildman–Crippen MR) is 163 cm³/mol. The molecule has 1 atom stereocenters. The highest BCUT2D eigenvalue weighted by molar-refractivity contribution is 6.00. The number of ether oxygens (including phenoxy) is 1. The standard InChI is InChI=1S/C33H43N5O3/c1-21-12-15-36-19-25(21)20-38(26-7-9-28(41-5)10-8-26)27-13-16-37(17-14-27)23(3)6-11-29-24(4)31(33(35)40)22(2)18-30(29)32(34)39/h7-10,12,15,18-19,23,27H,6,11,13-14,16-17,20H2,1-5H3,(H2,34,39)(H2,35,40)/t23-/m1/s1. The van der Waals surface area contributed by atoms with E-state index in [0.29, 0.717) is 35.2 Å². The Balaban J connectivity index is 1.46. The summed E-state index contributed by atoms with van der Waals surface area (Å²) < 4.78 is 5.40. The average Bonchev–Trinajstić information content (AvgIpc) is 2.96. The van der Waals surface area contributed by atoms with Crippen molar-refractivity contribution in [3.05, 3.63) is 87.7 Å². The number of anilines is 1. The van der Waals surface area contributed by atoms with Gasteiger partial charge >= 0.3 is 0 Å². The van der Waals surface area contributed by atoms with E-state index in [1.165, 1.54) is 16.8 Å². The van der Waals surface area contributed by atoms with Gasteiger partial charge in [-0.05, 0) is 118 Å². The minimum atomic E-state index is -0.477. The molecule has 1 saturated heterocycles. The lowest BCUT2D eigenvalue weighted by Gasteiger charge is -2.42. The number of nitrogens with zero attached hydrogens (tertiary/aromatic N) is 3. The van der Waals surface area contributed by atoms with Crippen LogP contribution in [-0.4, -0.2) is 54.0 Å². The molecule has 8 heteroatoms. The highest BCUT2D eigenvalue weighted by Crippen LogP contribution is 2.30. The number of carbonyl (C=O) groups excluding carboxylic acids is 2. The summed E-state index contributed by atoms with van der Waals surface area (Å²) in [5, 5.41) is 0. The number of rotatable bonds is 11. The third kappa shape index (κ3) is 6.88. The number of likely N-dealkylation sites (tertiary alicyclic amines) is 1. The monoisotopic (exact) mass is 557 g/mol. The number of aromatic nitrogens is 1. The van der Waals surface area contributed by atoms with Crippen LogP contribution >= 0.6 is 0 Å². The molecule has 0 bridgehead atoms. The number of methoxy groups -OCH3 is 1. The SMILES string of the molecule is COc1ccc(N(Cc2cnccc2C)C2CCN([C@H](C)CCc3c(C(N)=O)cc(C)c(C(N)=O)c3C)CC2)cc1. The van der Waals surface area contributed by atoms with E-state index < -0.39 is 11.8 Å². The molecule has 1 aromatic heterocycles. The zero-order valence-electron chi connectivity index (χ0n) is 24.9. The average molecular weight is 558 g/mol. The van der Waals surface area contributed by atoms with Crippen LogP contribution in [0.4, 0.5) is 5.69 Å². The lowest BCUT2D eigenvalue weighted by molar-refractivity contribution is 0.0986. The minimum absolute atomic E-state index is 0.310. The van der Waals surface area contributed by atoms with Crippen molar-refractivity contribution in [1.82, 2.24) is 9.88 Å². The summed E-state index contributed by atoms with van der Waals surface area (Å²) in [5.74, 6) is -0.102. The lowest BCUT2D eigenvalue weighted by atomic mass is 9.88. The summed E-state index contributed by atoms with van der Waals surface area (Å²) in [6, 6.07) is 12.8. The smallest absolute Gasteiger partial charge is 0.249 e. The van der Waals surface area contributed by atoms with Crippen molar-refractivity contribution in [1.29, 1.82) is 0 Å². The van der Waals surface area contributed by atoms with Gasteiger partial charge in [-0.15, -0.1) is 0 Å². The van der Waals surface area contributed by atoms with Crippen molar-refractivity contribution in [3.63, 3.8) is 0 Å². The molecule has 2 heterocycles. The molecule has 2 amide bonds. The molecule has 3 aromatic rings. The Morgan fingerprint density at radius 2 is 1.73 bits per heavy atom. The Morgan fingerprint density at radius 3 is 2.32 bits per heavy atom. The van der Waals surface area contributed by atoms with E-state index in [2.05, 4.69) is 46.8 Å². The van der Waals surface area contributed by atoms with Gasteiger partial charge < -0.3 is 26.0 Å². The van der Waals surface area contributed by atoms with Gasteiger partial charge in [0, 0.05) is 60.9 Å². The van der Waals surface area contributed by atoms with E-state index in [9.17, 15) is 9.59 Å². The number of nitrogens with two attached hydrogens (primary N) is 2. The van der Waals surface area contributed by atoms with Crippen LogP contribution in [0.5, 0.6) is 5.75 Å². The molecule has 4 N–H and O–H groups in total. The molecule has 0 radical (unpaired) electrons. The second-order valence-corrected chi connectivity index (χ2v) is 11.2. The Kier molecular flexibility index (Phi) is 9.65. The highest BCUT2D eigenvalue weighted by atomic mass is 16.5. The zero-order valence-corrected chi connectivity index (χ0v) is 24.9. The van der Waals surface area contributed by atoms with Crippen LogP contribution in [0.25, 0.3) is 0 Å². The molecule has 0 unspecified atom stereocenters. The number of hydrogen-bond donors (Lipinski definition) is 2. The molecule has 1 aliphatic rings. The van der Waals surface area contributed by atoms with Crippen molar-refractivity contribution in [2.45, 2.75) is 72.0 Å². The summed E-state index contributed by atoms with van der Waals surface area (Å²) >= 11 is 0. The third-order valence-electron chi connectivity index (χ3n) is 8.69. The fraction of sp³-hybridized carbons (Fsp3) is 0.424. The molecule has 0 aliphatic carbocycles.